The molecule has 1 saturated heterocycles. The maximum atomic E-state index is 12.5. The van der Waals surface area contributed by atoms with Crippen molar-refractivity contribution < 1.29 is 14.3 Å². The van der Waals surface area contributed by atoms with Crippen molar-refractivity contribution in [3.8, 4) is 11.5 Å². The molecule has 0 bridgehead atoms. The summed E-state index contributed by atoms with van der Waals surface area (Å²) >= 11 is 0. The molecular formula is C19H25N5O3. The fourth-order valence-corrected chi connectivity index (χ4v) is 3.19. The highest BCUT2D eigenvalue weighted by Gasteiger charge is 2.19. The van der Waals surface area contributed by atoms with Crippen LogP contribution >= 0.6 is 0 Å². The number of hydrogen-bond acceptors (Lipinski definition) is 6. The van der Waals surface area contributed by atoms with Crippen molar-refractivity contribution in [3.05, 3.63) is 29.6 Å². The van der Waals surface area contributed by atoms with Crippen molar-refractivity contribution >= 4 is 23.4 Å². The van der Waals surface area contributed by atoms with Crippen LogP contribution in [0.2, 0.25) is 0 Å². The van der Waals surface area contributed by atoms with E-state index in [4.69, 9.17) is 9.47 Å². The van der Waals surface area contributed by atoms with Gasteiger partial charge in [-0.25, -0.2) is 14.8 Å². The number of ether oxygens (including phenoxy) is 2. The van der Waals surface area contributed by atoms with Crippen molar-refractivity contribution in [1.29, 1.82) is 0 Å². The Bertz CT molecular complexity index is 811. The number of amides is 2. The van der Waals surface area contributed by atoms with Gasteiger partial charge in [0.2, 0.25) is 5.95 Å². The second-order valence-corrected chi connectivity index (χ2v) is 6.38. The highest BCUT2D eigenvalue weighted by molar-refractivity contribution is 6.01. The number of urea groups is 1. The Morgan fingerprint density at radius 1 is 1.04 bits per heavy atom. The lowest BCUT2D eigenvalue weighted by atomic mass is 10.2. The van der Waals surface area contributed by atoms with Crippen molar-refractivity contribution in [2.24, 2.45) is 0 Å². The Kier molecular flexibility index (Phi) is 5.63. The fraction of sp³-hybridized carbons (Fsp3) is 0.421. The third-order valence-corrected chi connectivity index (χ3v) is 4.54. The van der Waals surface area contributed by atoms with Crippen LogP contribution in [0.15, 0.2) is 18.2 Å². The number of nitrogens with one attached hydrogen (secondary N) is 2. The molecule has 0 saturated carbocycles. The lowest BCUT2D eigenvalue weighted by Crippen LogP contribution is -2.24. The molecule has 1 fully saturated rings. The predicted molar refractivity (Wildman–Crippen MR) is 105 cm³/mol. The zero-order valence-corrected chi connectivity index (χ0v) is 16.1. The van der Waals surface area contributed by atoms with E-state index in [0.717, 1.165) is 43.3 Å². The number of aromatic nitrogens is 2. The van der Waals surface area contributed by atoms with Gasteiger partial charge in [0.25, 0.3) is 0 Å². The van der Waals surface area contributed by atoms with Gasteiger partial charge in [-0.05, 0) is 38.8 Å². The van der Waals surface area contributed by atoms with Crippen LogP contribution in [-0.4, -0.2) is 43.3 Å². The van der Waals surface area contributed by atoms with E-state index in [-0.39, 0.29) is 0 Å². The molecule has 8 nitrogen and oxygen atoms in total. The molecule has 2 aromatic rings. The number of methoxy groups -OCH3 is 2. The minimum Gasteiger partial charge on any atom is -0.493 e. The summed E-state index contributed by atoms with van der Waals surface area (Å²) in [6, 6.07) is 4.89. The van der Waals surface area contributed by atoms with Crippen LogP contribution in [0.25, 0.3) is 0 Å². The smallest absolute Gasteiger partial charge is 0.323 e. The number of carbonyl (C=O) groups excluding carboxylic acids is 1. The van der Waals surface area contributed by atoms with Gasteiger partial charge in [0.1, 0.15) is 0 Å². The molecule has 0 unspecified atom stereocenters. The van der Waals surface area contributed by atoms with Crippen LogP contribution < -0.4 is 25.0 Å². The second kappa shape index (κ2) is 8.11. The van der Waals surface area contributed by atoms with Gasteiger partial charge in [0, 0.05) is 13.1 Å². The van der Waals surface area contributed by atoms with E-state index in [1.165, 1.54) is 7.11 Å². The molecule has 144 valence electrons. The van der Waals surface area contributed by atoms with Crippen molar-refractivity contribution in [2.45, 2.75) is 26.7 Å². The summed E-state index contributed by atoms with van der Waals surface area (Å²) in [5.74, 6) is 1.73. The highest BCUT2D eigenvalue weighted by Crippen LogP contribution is 2.34. The summed E-state index contributed by atoms with van der Waals surface area (Å²) in [6.07, 6.45) is 2.32. The quantitative estimate of drug-likeness (QED) is 0.838. The molecule has 2 amide bonds. The SMILES string of the molecule is COc1cccc(NC(=O)Nc2c(C)nc(N3CCCC3)nc2C)c1OC. The molecule has 27 heavy (non-hydrogen) atoms. The number of anilines is 3. The topological polar surface area (TPSA) is 88.6 Å². The lowest BCUT2D eigenvalue weighted by molar-refractivity contribution is 0.262. The van der Waals surface area contributed by atoms with Crippen LogP contribution in [0, 0.1) is 13.8 Å². The first-order valence-corrected chi connectivity index (χ1v) is 8.92. The number of hydrogen-bond donors (Lipinski definition) is 2. The molecule has 0 atom stereocenters. The summed E-state index contributed by atoms with van der Waals surface area (Å²) in [7, 11) is 3.08. The number of aryl methyl sites for hydroxylation is 2. The van der Waals surface area contributed by atoms with E-state index < -0.39 is 6.03 Å². The summed E-state index contributed by atoms with van der Waals surface area (Å²) in [6.45, 7) is 5.69. The van der Waals surface area contributed by atoms with Crippen LogP contribution in [0.1, 0.15) is 24.2 Å². The molecule has 1 aliphatic rings. The number of carbonyl (C=O) groups is 1. The minimum atomic E-state index is -0.398. The number of benzene rings is 1. The van der Waals surface area contributed by atoms with Gasteiger partial charge in [-0.1, -0.05) is 6.07 Å². The van der Waals surface area contributed by atoms with E-state index in [2.05, 4.69) is 25.5 Å². The molecule has 8 heteroatoms. The predicted octanol–water partition coefficient (Wildman–Crippen LogP) is 3.35. The highest BCUT2D eigenvalue weighted by atomic mass is 16.5. The van der Waals surface area contributed by atoms with Crippen LogP contribution in [0.3, 0.4) is 0 Å². The van der Waals surface area contributed by atoms with Crippen LogP contribution in [0.5, 0.6) is 11.5 Å². The third-order valence-electron chi connectivity index (χ3n) is 4.54. The molecule has 0 spiro atoms. The largest absolute Gasteiger partial charge is 0.493 e. The minimum absolute atomic E-state index is 0.398. The first-order chi connectivity index (χ1) is 13.0. The van der Waals surface area contributed by atoms with E-state index in [1.54, 1.807) is 25.3 Å². The molecule has 2 heterocycles. The molecule has 0 aliphatic carbocycles. The van der Waals surface area contributed by atoms with Gasteiger partial charge in [-0.2, -0.15) is 0 Å². The lowest BCUT2D eigenvalue weighted by Gasteiger charge is -2.19. The third kappa shape index (κ3) is 4.05. The van der Waals surface area contributed by atoms with E-state index in [1.807, 2.05) is 13.8 Å². The Morgan fingerprint density at radius 2 is 1.70 bits per heavy atom. The van der Waals surface area contributed by atoms with Gasteiger partial charge in [-0.3, -0.25) is 0 Å². The number of nitrogens with zero attached hydrogens (tertiary/aromatic N) is 3. The monoisotopic (exact) mass is 371 g/mol. The average molecular weight is 371 g/mol. The molecule has 0 radical (unpaired) electrons. The number of para-hydroxylation sites is 1. The van der Waals surface area contributed by atoms with Gasteiger partial charge in [0.15, 0.2) is 11.5 Å². The maximum Gasteiger partial charge on any atom is 0.323 e. The van der Waals surface area contributed by atoms with Gasteiger partial charge >= 0.3 is 6.03 Å². The standard InChI is InChI=1S/C19H25N5O3/c1-12-16(13(2)21-18(20-12)24-10-5-6-11-24)23-19(25)22-14-8-7-9-15(26-3)17(14)27-4/h7-9H,5-6,10-11H2,1-4H3,(H2,22,23,25). The molecule has 2 N–H and O–H groups in total. The van der Waals surface area contributed by atoms with Gasteiger partial charge in [0.05, 0.1) is 37.0 Å². The number of rotatable bonds is 5. The summed E-state index contributed by atoms with van der Waals surface area (Å²) < 4.78 is 10.6. The van der Waals surface area contributed by atoms with Crippen molar-refractivity contribution in [2.75, 3.05) is 42.8 Å². The van der Waals surface area contributed by atoms with E-state index in [0.29, 0.717) is 22.9 Å². The maximum absolute atomic E-state index is 12.5. The zero-order chi connectivity index (χ0) is 19.4. The molecule has 1 aromatic heterocycles. The summed E-state index contributed by atoms with van der Waals surface area (Å²) in [5, 5.41) is 5.63. The zero-order valence-electron chi connectivity index (χ0n) is 16.1. The van der Waals surface area contributed by atoms with Gasteiger partial charge < -0.3 is 25.0 Å². The van der Waals surface area contributed by atoms with E-state index in [9.17, 15) is 4.79 Å². The normalized spacial score (nSPS) is 13.4. The second-order valence-electron chi connectivity index (χ2n) is 6.38. The summed E-state index contributed by atoms with van der Waals surface area (Å²) in [4.78, 5) is 23.8. The Labute approximate surface area is 158 Å². The Hall–Kier alpha value is -3.03. The van der Waals surface area contributed by atoms with Crippen molar-refractivity contribution in [3.63, 3.8) is 0 Å². The van der Waals surface area contributed by atoms with E-state index >= 15 is 0 Å². The molecule has 1 aromatic carbocycles. The molecule has 1 aliphatic heterocycles. The first kappa shape index (κ1) is 18.8. The van der Waals surface area contributed by atoms with Gasteiger partial charge in [-0.15, -0.1) is 0 Å². The fourth-order valence-electron chi connectivity index (χ4n) is 3.19. The van der Waals surface area contributed by atoms with Crippen LogP contribution in [-0.2, 0) is 0 Å². The Balaban J connectivity index is 1.76. The molecular weight excluding hydrogens is 346 g/mol. The average Bonchev–Trinajstić information content (AvgIpc) is 3.19. The summed E-state index contributed by atoms with van der Waals surface area (Å²) in [5.41, 5.74) is 2.59. The molecule has 3 rings (SSSR count). The first-order valence-electron chi connectivity index (χ1n) is 8.92. The van der Waals surface area contributed by atoms with Crippen LogP contribution in [0.4, 0.5) is 22.1 Å². The van der Waals surface area contributed by atoms with Crippen molar-refractivity contribution in [1.82, 2.24) is 9.97 Å². The Morgan fingerprint density at radius 3 is 2.30 bits per heavy atom.